The average molecular weight is 315 g/mol. The highest BCUT2D eigenvalue weighted by Crippen LogP contribution is 2.54. The zero-order chi connectivity index (χ0) is 15.7. The molecule has 0 aromatic carbocycles. The normalized spacial score (nSPS) is 12.9. The number of rotatable bonds is 9. The molecule has 0 spiro atoms. The van der Waals surface area contributed by atoms with Crippen LogP contribution in [0.4, 0.5) is 0 Å². The number of ether oxygens (including phenoxy) is 1. The van der Waals surface area contributed by atoms with Crippen molar-refractivity contribution in [3.05, 3.63) is 30.1 Å². The van der Waals surface area contributed by atoms with E-state index in [9.17, 15) is 9.36 Å². The van der Waals surface area contributed by atoms with E-state index in [1.165, 1.54) is 0 Å². The summed E-state index contributed by atoms with van der Waals surface area (Å²) in [5, 5.41) is 0. The first-order valence-corrected chi connectivity index (χ1v) is 8.62. The Morgan fingerprint density at radius 3 is 2.38 bits per heavy atom. The number of hydrogen-bond donors (Lipinski definition) is 0. The van der Waals surface area contributed by atoms with Crippen LogP contribution in [0.5, 0.6) is 0 Å². The molecule has 0 N–H and O–H groups in total. The van der Waals surface area contributed by atoms with Crippen molar-refractivity contribution in [3.63, 3.8) is 0 Å². The maximum Gasteiger partial charge on any atom is 0.345 e. The second-order valence-corrected chi connectivity index (χ2v) is 6.43. The average Bonchev–Trinajstić information content (AvgIpc) is 2.46. The van der Waals surface area contributed by atoms with E-state index < -0.39 is 19.2 Å². The molecule has 1 unspecified atom stereocenters. The summed E-state index contributed by atoms with van der Waals surface area (Å²) in [4.78, 5) is 16.2. The van der Waals surface area contributed by atoms with Gasteiger partial charge in [0.1, 0.15) is 0 Å². The Kier molecular flexibility index (Phi) is 7.57. The van der Waals surface area contributed by atoms with Crippen LogP contribution in [0, 0.1) is 0 Å². The molecule has 1 atom stereocenters. The van der Waals surface area contributed by atoms with Gasteiger partial charge in [-0.15, -0.1) is 0 Å². The van der Waals surface area contributed by atoms with Crippen molar-refractivity contribution in [2.24, 2.45) is 0 Å². The monoisotopic (exact) mass is 315 g/mol. The van der Waals surface area contributed by atoms with Crippen molar-refractivity contribution in [2.75, 3.05) is 19.8 Å². The highest BCUT2D eigenvalue weighted by molar-refractivity contribution is 7.55. The molecule has 1 rings (SSSR count). The summed E-state index contributed by atoms with van der Waals surface area (Å²) >= 11 is 0. The summed E-state index contributed by atoms with van der Waals surface area (Å²) in [6, 6.07) is 3.56. The molecule has 7 heteroatoms. The maximum absolute atomic E-state index is 12.9. The second kappa shape index (κ2) is 8.93. The van der Waals surface area contributed by atoms with E-state index in [4.69, 9.17) is 13.8 Å². The molecule has 0 saturated carbocycles. The predicted octanol–water partition coefficient (Wildman–Crippen LogP) is 2.82. The molecule has 118 valence electrons. The van der Waals surface area contributed by atoms with E-state index in [1.54, 1.807) is 39.2 Å². The van der Waals surface area contributed by atoms with E-state index >= 15 is 0 Å². The van der Waals surface area contributed by atoms with E-state index in [0.29, 0.717) is 0 Å². The van der Waals surface area contributed by atoms with Crippen LogP contribution >= 0.6 is 7.60 Å². The molecular formula is C14H22NO5P. The van der Waals surface area contributed by atoms with E-state index in [2.05, 4.69) is 4.98 Å². The number of pyridine rings is 1. The number of carbonyl (C=O) groups is 1. The van der Waals surface area contributed by atoms with Crippen molar-refractivity contribution < 1.29 is 23.1 Å². The third kappa shape index (κ3) is 5.23. The lowest BCUT2D eigenvalue weighted by Crippen LogP contribution is -2.28. The highest BCUT2D eigenvalue weighted by atomic mass is 31.2. The van der Waals surface area contributed by atoms with Crippen LogP contribution in [0.25, 0.3) is 0 Å². The summed E-state index contributed by atoms with van der Waals surface area (Å²) in [5.41, 5.74) is -0.211. The van der Waals surface area contributed by atoms with Crippen LogP contribution in [0.1, 0.15) is 26.3 Å². The van der Waals surface area contributed by atoms with Gasteiger partial charge < -0.3 is 13.8 Å². The van der Waals surface area contributed by atoms with Crippen LogP contribution in [0.2, 0.25) is 0 Å². The van der Waals surface area contributed by atoms with Crippen molar-refractivity contribution in [1.82, 2.24) is 4.98 Å². The molecule has 0 bridgehead atoms. The molecule has 1 aromatic rings. The predicted molar refractivity (Wildman–Crippen MR) is 79.2 cm³/mol. The zero-order valence-electron chi connectivity index (χ0n) is 12.7. The molecular weight excluding hydrogens is 293 g/mol. The maximum atomic E-state index is 12.9. The minimum Gasteiger partial charge on any atom is -0.465 e. The second-order valence-electron chi connectivity index (χ2n) is 4.21. The molecule has 0 fully saturated rings. The van der Waals surface area contributed by atoms with Crippen LogP contribution in [-0.4, -0.2) is 36.4 Å². The fraction of sp³-hybridized carbons (Fsp3) is 0.571. The molecule has 0 amide bonds. The van der Waals surface area contributed by atoms with E-state index in [1.807, 2.05) is 6.07 Å². The van der Waals surface area contributed by atoms with Crippen molar-refractivity contribution in [2.45, 2.75) is 32.9 Å². The Labute approximate surface area is 125 Å². The third-order valence-corrected chi connectivity index (χ3v) is 5.10. The Balaban J connectivity index is 3.05. The van der Waals surface area contributed by atoms with Gasteiger partial charge in [0.25, 0.3) is 0 Å². The van der Waals surface area contributed by atoms with Gasteiger partial charge in [-0.3, -0.25) is 14.3 Å². The number of nitrogens with zero attached hydrogens (tertiary/aromatic N) is 1. The smallest absolute Gasteiger partial charge is 0.345 e. The van der Waals surface area contributed by atoms with Gasteiger partial charge in [0.2, 0.25) is 0 Å². The van der Waals surface area contributed by atoms with Gasteiger partial charge in [-0.05, 0) is 38.8 Å². The van der Waals surface area contributed by atoms with Gasteiger partial charge >= 0.3 is 13.6 Å². The lowest BCUT2D eigenvalue weighted by Gasteiger charge is -2.24. The Morgan fingerprint density at radius 2 is 1.90 bits per heavy atom. The fourth-order valence-electron chi connectivity index (χ4n) is 1.88. The van der Waals surface area contributed by atoms with Crippen LogP contribution in [-0.2, 0) is 29.6 Å². The van der Waals surface area contributed by atoms with Gasteiger partial charge in [-0.2, -0.15) is 0 Å². The minimum atomic E-state index is -3.58. The zero-order valence-corrected chi connectivity index (χ0v) is 13.5. The van der Waals surface area contributed by atoms with Crippen molar-refractivity contribution in [3.8, 4) is 0 Å². The van der Waals surface area contributed by atoms with Gasteiger partial charge in [-0.25, -0.2) is 0 Å². The highest BCUT2D eigenvalue weighted by Gasteiger charge is 2.42. The number of carbonyl (C=O) groups excluding carboxylic acids is 1. The molecule has 0 aliphatic heterocycles. The molecule has 0 aliphatic carbocycles. The summed E-state index contributed by atoms with van der Waals surface area (Å²) in [5.74, 6) is -0.577. The molecule has 0 aliphatic rings. The lowest BCUT2D eigenvalue weighted by atomic mass is 10.1. The van der Waals surface area contributed by atoms with Gasteiger partial charge in [0.05, 0.1) is 19.8 Å². The standard InChI is InChI=1S/C14H22NO5P/c1-4-18-14(16)13(10-12-8-7-9-15-11-12)21(17,19-5-2)20-6-3/h7-9,11,13H,4-6,10H2,1-3H3. The first-order valence-electron chi connectivity index (χ1n) is 7.01. The first-order chi connectivity index (χ1) is 10.1. The molecule has 21 heavy (non-hydrogen) atoms. The summed E-state index contributed by atoms with van der Waals surface area (Å²) in [7, 11) is -3.58. The van der Waals surface area contributed by atoms with Crippen LogP contribution < -0.4 is 0 Å². The minimum absolute atomic E-state index is 0.195. The summed E-state index contributed by atoms with van der Waals surface area (Å²) in [6.07, 6.45) is 3.45. The van der Waals surface area contributed by atoms with E-state index in [-0.39, 0.29) is 26.2 Å². The summed E-state index contributed by atoms with van der Waals surface area (Å²) < 4.78 is 28.5. The van der Waals surface area contributed by atoms with Gasteiger partial charge in [0, 0.05) is 12.4 Å². The van der Waals surface area contributed by atoms with Crippen molar-refractivity contribution in [1.29, 1.82) is 0 Å². The van der Waals surface area contributed by atoms with Crippen LogP contribution in [0.3, 0.4) is 0 Å². The van der Waals surface area contributed by atoms with Gasteiger partial charge in [-0.1, -0.05) is 6.07 Å². The van der Waals surface area contributed by atoms with Crippen LogP contribution in [0.15, 0.2) is 24.5 Å². The number of aromatic nitrogens is 1. The summed E-state index contributed by atoms with van der Waals surface area (Å²) in [6.45, 7) is 5.71. The fourth-order valence-corrected chi connectivity index (χ4v) is 3.80. The largest absolute Gasteiger partial charge is 0.465 e. The van der Waals surface area contributed by atoms with Gasteiger partial charge in [0.15, 0.2) is 5.66 Å². The van der Waals surface area contributed by atoms with E-state index in [0.717, 1.165) is 5.56 Å². The Hall–Kier alpha value is -1.23. The quantitative estimate of drug-likeness (QED) is 0.515. The number of hydrogen-bond acceptors (Lipinski definition) is 6. The third-order valence-electron chi connectivity index (χ3n) is 2.71. The first kappa shape index (κ1) is 17.8. The number of esters is 1. The Morgan fingerprint density at radius 1 is 1.24 bits per heavy atom. The Bertz CT molecular complexity index is 470. The topological polar surface area (TPSA) is 74.7 Å². The molecule has 0 saturated heterocycles. The lowest BCUT2D eigenvalue weighted by molar-refractivity contribution is -0.143. The molecule has 1 aromatic heterocycles. The SMILES string of the molecule is CCOC(=O)C(Cc1cccnc1)P(=O)(OCC)OCC. The molecule has 1 heterocycles. The van der Waals surface area contributed by atoms with Crippen molar-refractivity contribution >= 4 is 13.6 Å². The molecule has 6 nitrogen and oxygen atoms in total. The molecule has 0 radical (unpaired) electrons.